The fourth-order valence-corrected chi connectivity index (χ4v) is 11.3. The van der Waals surface area contributed by atoms with E-state index in [2.05, 4.69) is 230 Å². The number of benzene rings is 2. The van der Waals surface area contributed by atoms with Crippen molar-refractivity contribution in [3.8, 4) is 0 Å². The van der Waals surface area contributed by atoms with Gasteiger partial charge >= 0.3 is 0 Å². The molecule has 5 atom stereocenters. The molecule has 1 saturated carbocycles. The van der Waals surface area contributed by atoms with Gasteiger partial charge < -0.3 is 14.5 Å². The average Bonchev–Trinajstić information content (AvgIpc) is 3.82. The van der Waals surface area contributed by atoms with Gasteiger partial charge in [-0.25, -0.2) is 0 Å². The summed E-state index contributed by atoms with van der Waals surface area (Å²) < 4.78 is 6.12. The Morgan fingerprint density at radius 2 is 1.06 bits per heavy atom. The Balaban J connectivity index is 0.000000291. The molecule has 2 aromatic carbocycles. The molecule has 2 saturated heterocycles. The molecule has 0 unspecified atom stereocenters. The molecular formula is C62H111N5O. The Kier molecular flexibility index (Phi) is 24.6. The SMILES string of the molecule is C.C.C=C1C[C@@H](C(C)C)N(C(C)C)C1.CC(C)[C@@H]1CC=CN1C(C)C.CC(C)[C@@H]1Cc2ccccc2N1C(C)C.CC(C)[C@@H]1OC2(CC2)CN1C(C)C.CC(C)[C@@H]1c2ccccc2CN1C(C)C. The van der Waals surface area contributed by atoms with Crippen LogP contribution in [-0.4, -0.2) is 92.9 Å². The highest BCUT2D eigenvalue weighted by Gasteiger charge is 2.54. The van der Waals surface area contributed by atoms with Crippen LogP contribution in [0.25, 0.3) is 0 Å². The first-order valence-corrected chi connectivity index (χ1v) is 26.9. The minimum atomic E-state index is 0. The van der Waals surface area contributed by atoms with Gasteiger partial charge in [0, 0.05) is 79.7 Å². The Hall–Kier alpha value is -2.64. The van der Waals surface area contributed by atoms with Gasteiger partial charge in [-0.2, -0.15) is 0 Å². The molecule has 8 rings (SSSR count). The standard InChI is InChI=1S/2C14H21N.C11H21NO.C11H21N.C10H19N.2CH4/c1-10(2)14-13-8-6-5-7-12(13)9-15(14)11(3)4;1-10(2)14-9-12-7-5-6-8-13(12)15(14)11(3)4;1-8(2)10-12(9(3)4)7-11(13-10)5-6-11;1-8(2)11-6-10(5)7-12(11)9(3)4;1-8(2)10-6-5-7-11(10)9(3)4;;/h2*5-8,10-11,14H,9H2,1-4H3;8-10H,5-7H2,1-4H3;8-9,11H,5-7H2,1-4H3;5,7-10H,6H2,1-4H3;2*1H4/t2*14-;10-;11-;10-;;/m10000../s1. The van der Waals surface area contributed by atoms with Crippen LogP contribution in [0.2, 0.25) is 0 Å². The molecule has 6 aliphatic rings. The number of para-hydroxylation sites is 1. The van der Waals surface area contributed by atoms with Gasteiger partial charge in [0.05, 0.1) is 5.60 Å². The van der Waals surface area contributed by atoms with Crippen LogP contribution in [0.1, 0.15) is 202 Å². The van der Waals surface area contributed by atoms with Crippen molar-refractivity contribution in [1.82, 2.24) is 19.6 Å². The number of nitrogens with zero attached hydrogens (tertiary/aromatic N) is 5. The summed E-state index contributed by atoms with van der Waals surface area (Å²) in [5.41, 5.74) is 7.71. The topological polar surface area (TPSA) is 25.4 Å². The van der Waals surface area contributed by atoms with E-state index in [9.17, 15) is 0 Å². The van der Waals surface area contributed by atoms with Gasteiger partial charge in [0.2, 0.25) is 0 Å². The predicted octanol–water partition coefficient (Wildman–Crippen LogP) is 15.9. The molecule has 1 aliphatic carbocycles. The maximum atomic E-state index is 6.12. The first-order valence-electron chi connectivity index (χ1n) is 26.9. The molecule has 2 aromatic rings. The monoisotopic (exact) mass is 942 g/mol. The smallest absolute Gasteiger partial charge is 0.114 e. The lowest BCUT2D eigenvalue weighted by atomic mass is 9.95. The molecule has 0 N–H and O–H groups in total. The molecule has 0 amide bonds. The van der Waals surface area contributed by atoms with Crippen molar-refractivity contribution in [2.45, 2.75) is 258 Å². The second-order valence-electron chi connectivity index (χ2n) is 24.0. The molecule has 1 spiro atoms. The maximum Gasteiger partial charge on any atom is 0.114 e. The molecule has 0 radical (unpaired) electrons. The maximum absolute atomic E-state index is 6.12. The van der Waals surface area contributed by atoms with E-state index in [0.29, 0.717) is 60.4 Å². The molecule has 5 heterocycles. The summed E-state index contributed by atoms with van der Waals surface area (Å²) in [6, 6.07) is 23.7. The van der Waals surface area contributed by atoms with E-state index in [4.69, 9.17) is 4.74 Å². The van der Waals surface area contributed by atoms with E-state index in [0.717, 1.165) is 49.5 Å². The lowest BCUT2D eigenvalue weighted by molar-refractivity contribution is -0.0472. The summed E-state index contributed by atoms with van der Waals surface area (Å²) in [6.45, 7) is 53.2. The Labute approximate surface area is 423 Å². The number of rotatable bonds is 10. The Morgan fingerprint density at radius 1 is 0.529 bits per heavy atom. The van der Waals surface area contributed by atoms with Crippen LogP contribution in [0.5, 0.6) is 0 Å². The third kappa shape index (κ3) is 15.9. The van der Waals surface area contributed by atoms with E-state index in [1.54, 1.807) is 5.56 Å². The van der Waals surface area contributed by atoms with Crippen LogP contribution in [0, 0.1) is 29.6 Å². The van der Waals surface area contributed by atoms with E-state index in [1.807, 2.05) is 0 Å². The van der Waals surface area contributed by atoms with Gasteiger partial charge in [-0.1, -0.05) is 145 Å². The van der Waals surface area contributed by atoms with Gasteiger partial charge in [0.1, 0.15) is 6.23 Å². The molecule has 5 aliphatic heterocycles. The van der Waals surface area contributed by atoms with Gasteiger partial charge in [-0.3, -0.25) is 14.7 Å². The lowest BCUT2D eigenvalue weighted by Crippen LogP contribution is -2.40. The van der Waals surface area contributed by atoms with E-state index in [-0.39, 0.29) is 20.5 Å². The van der Waals surface area contributed by atoms with Crippen molar-refractivity contribution in [3.05, 3.63) is 89.6 Å². The fourth-order valence-electron chi connectivity index (χ4n) is 11.3. The van der Waals surface area contributed by atoms with Crippen LogP contribution in [0.15, 0.2) is 73.0 Å². The van der Waals surface area contributed by atoms with Crippen molar-refractivity contribution in [2.75, 3.05) is 18.0 Å². The largest absolute Gasteiger partial charge is 0.372 e. The summed E-state index contributed by atoms with van der Waals surface area (Å²) in [6.07, 6.45) is 11.1. The first-order chi connectivity index (χ1) is 30.9. The van der Waals surface area contributed by atoms with Crippen molar-refractivity contribution in [2.24, 2.45) is 29.6 Å². The summed E-state index contributed by atoms with van der Waals surface area (Å²) in [7, 11) is 0. The van der Waals surface area contributed by atoms with Crippen molar-refractivity contribution < 1.29 is 4.74 Å². The van der Waals surface area contributed by atoms with Crippen LogP contribution < -0.4 is 4.90 Å². The van der Waals surface area contributed by atoms with Gasteiger partial charge in [-0.15, -0.1) is 0 Å². The van der Waals surface area contributed by atoms with Crippen molar-refractivity contribution in [1.29, 1.82) is 0 Å². The van der Waals surface area contributed by atoms with Crippen LogP contribution >= 0.6 is 0 Å². The molecule has 6 nitrogen and oxygen atoms in total. The zero-order valence-corrected chi connectivity index (χ0v) is 46.4. The Morgan fingerprint density at radius 3 is 1.49 bits per heavy atom. The molecule has 6 heteroatoms. The lowest BCUT2D eigenvalue weighted by Gasteiger charge is -2.34. The number of fused-ring (bicyclic) bond motifs is 2. The predicted molar refractivity (Wildman–Crippen MR) is 302 cm³/mol. The highest BCUT2D eigenvalue weighted by atomic mass is 16.5. The number of hydrogen-bond donors (Lipinski definition) is 0. The number of anilines is 1. The summed E-state index contributed by atoms with van der Waals surface area (Å²) >= 11 is 0. The van der Waals surface area contributed by atoms with Gasteiger partial charge in [0.15, 0.2) is 0 Å². The molecule has 68 heavy (non-hydrogen) atoms. The van der Waals surface area contributed by atoms with Crippen molar-refractivity contribution >= 4 is 5.69 Å². The van der Waals surface area contributed by atoms with Crippen molar-refractivity contribution in [3.63, 3.8) is 0 Å². The zero-order chi connectivity index (χ0) is 49.4. The van der Waals surface area contributed by atoms with Gasteiger partial charge in [-0.05, 0) is 160 Å². The second kappa shape index (κ2) is 27.3. The fraction of sp³-hybridized carbons (Fsp3) is 0.742. The summed E-state index contributed by atoms with van der Waals surface area (Å²) in [5, 5.41) is 0. The van der Waals surface area contributed by atoms with Crippen LogP contribution in [-0.2, 0) is 17.7 Å². The summed E-state index contributed by atoms with van der Waals surface area (Å²) in [4.78, 5) is 12.7. The molecule has 390 valence electrons. The zero-order valence-electron chi connectivity index (χ0n) is 46.4. The normalized spacial score (nSPS) is 23.9. The highest BCUT2D eigenvalue weighted by molar-refractivity contribution is 5.60. The number of ether oxygens (including phenoxy) is 1. The van der Waals surface area contributed by atoms with Crippen LogP contribution in [0.4, 0.5) is 5.69 Å². The molecule has 0 aromatic heterocycles. The number of hydrogen-bond acceptors (Lipinski definition) is 6. The third-order valence-electron chi connectivity index (χ3n) is 15.1. The third-order valence-corrected chi connectivity index (χ3v) is 15.1. The molecule has 0 bridgehead atoms. The minimum absolute atomic E-state index is 0. The minimum Gasteiger partial charge on any atom is -0.372 e. The molecule has 3 fully saturated rings. The average molecular weight is 943 g/mol. The highest BCUT2D eigenvalue weighted by Crippen LogP contribution is 2.48. The quantitative estimate of drug-likeness (QED) is 0.220. The Bertz CT molecular complexity index is 1680. The summed E-state index contributed by atoms with van der Waals surface area (Å²) in [5.74, 6) is 3.55. The van der Waals surface area contributed by atoms with Gasteiger partial charge in [0.25, 0.3) is 0 Å². The van der Waals surface area contributed by atoms with Crippen LogP contribution in [0.3, 0.4) is 0 Å². The van der Waals surface area contributed by atoms with E-state index < -0.39 is 0 Å². The first kappa shape index (κ1) is 61.5. The second-order valence-corrected chi connectivity index (χ2v) is 24.0. The van der Waals surface area contributed by atoms with E-state index in [1.165, 1.54) is 54.5 Å². The van der Waals surface area contributed by atoms with E-state index >= 15 is 0 Å². The molecular weight excluding hydrogens is 831 g/mol. The number of likely N-dealkylation sites (tertiary alicyclic amines) is 1.